The van der Waals surface area contributed by atoms with E-state index in [1.807, 2.05) is 0 Å². The highest BCUT2D eigenvalue weighted by molar-refractivity contribution is 5.54. The van der Waals surface area contributed by atoms with E-state index in [9.17, 15) is 0 Å². The topological polar surface area (TPSA) is 18.5 Å². The van der Waals surface area contributed by atoms with E-state index < -0.39 is 0 Å². The predicted octanol–water partition coefficient (Wildman–Crippen LogP) is 5.86. The highest BCUT2D eigenvalue weighted by Crippen LogP contribution is 2.57. The van der Waals surface area contributed by atoms with Crippen LogP contribution in [0.25, 0.3) is 0 Å². The van der Waals surface area contributed by atoms with Gasteiger partial charge in [0.25, 0.3) is 0 Å². The summed E-state index contributed by atoms with van der Waals surface area (Å²) in [6.07, 6.45) is 17.9. The molecule has 0 N–H and O–H groups in total. The number of benzene rings is 2. The number of allylic oxidation sites excluding steroid dienone is 8. The second kappa shape index (κ2) is 7.20. The van der Waals surface area contributed by atoms with E-state index in [1.165, 1.54) is 11.1 Å². The summed E-state index contributed by atoms with van der Waals surface area (Å²) in [4.78, 5) is 0. The molecule has 2 aromatic carbocycles. The monoisotopic (exact) mass is 370 g/mol. The van der Waals surface area contributed by atoms with Crippen molar-refractivity contribution in [2.45, 2.75) is 12.3 Å². The van der Waals surface area contributed by atoms with E-state index in [-0.39, 0.29) is 16.7 Å². The van der Waals surface area contributed by atoms with Crippen molar-refractivity contribution in [1.29, 1.82) is 0 Å². The van der Waals surface area contributed by atoms with Crippen molar-refractivity contribution in [2.75, 3.05) is 14.2 Å². The van der Waals surface area contributed by atoms with Crippen molar-refractivity contribution in [3.05, 3.63) is 108 Å². The van der Waals surface area contributed by atoms with Crippen LogP contribution in [-0.4, -0.2) is 14.2 Å². The van der Waals surface area contributed by atoms with Gasteiger partial charge in [0.1, 0.15) is 11.5 Å². The van der Waals surface area contributed by atoms with Crippen molar-refractivity contribution in [3.8, 4) is 11.5 Å². The molecule has 28 heavy (non-hydrogen) atoms. The molecule has 0 aromatic heterocycles. The molecule has 2 nitrogen and oxygen atoms in total. The van der Waals surface area contributed by atoms with Gasteiger partial charge in [0.05, 0.1) is 14.2 Å². The third kappa shape index (κ3) is 2.72. The zero-order chi connectivity index (χ0) is 19.6. The van der Waals surface area contributed by atoms with E-state index in [1.54, 1.807) is 14.2 Å². The minimum Gasteiger partial charge on any atom is -0.497 e. The molecule has 0 unspecified atom stereocenters. The first-order chi connectivity index (χ1) is 13.6. The molecule has 0 saturated carbocycles. The molecule has 0 saturated heterocycles. The molecule has 4 rings (SSSR count). The number of ether oxygens (including phenoxy) is 2. The first-order valence-corrected chi connectivity index (χ1v) is 9.65. The summed E-state index contributed by atoms with van der Waals surface area (Å²) < 4.78 is 10.8. The van der Waals surface area contributed by atoms with E-state index in [0.29, 0.717) is 0 Å². The smallest absolute Gasteiger partial charge is 0.118 e. The Morgan fingerprint density at radius 2 is 1.11 bits per heavy atom. The Labute approximate surface area is 167 Å². The Hall–Kier alpha value is -3.00. The quantitative estimate of drug-likeness (QED) is 0.634. The molecule has 0 amide bonds. The van der Waals surface area contributed by atoms with Gasteiger partial charge in [-0.3, -0.25) is 0 Å². The predicted molar refractivity (Wildman–Crippen MR) is 115 cm³/mol. The van der Waals surface area contributed by atoms with Crippen LogP contribution in [0.1, 0.15) is 18.1 Å². The highest BCUT2D eigenvalue weighted by atomic mass is 16.5. The van der Waals surface area contributed by atoms with Crippen LogP contribution in [0.2, 0.25) is 0 Å². The fourth-order valence-electron chi connectivity index (χ4n) is 4.79. The van der Waals surface area contributed by atoms with E-state index in [4.69, 9.17) is 9.47 Å². The molecule has 0 atom stereocenters. The molecule has 0 aliphatic heterocycles. The minimum absolute atomic E-state index is 0.181. The van der Waals surface area contributed by atoms with Gasteiger partial charge in [-0.1, -0.05) is 79.8 Å². The van der Waals surface area contributed by atoms with Crippen LogP contribution in [0, 0.1) is 11.3 Å². The lowest BCUT2D eigenvalue weighted by Gasteiger charge is -2.49. The van der Waals surface area contributed by atoms with Gasteiger partial charge in [0, 0.05) is 16.7 Å². The molecule has 2 heteroatoms. The summed E-state index contributed by atoms with van der Waals surface area (Å²) in [5, 5.41) is 0. The lowest BCUT2D eigenvalue weighted by atomic mass is 9.52. The zero-order valence-electron chi connectivity index (χ0n) is 16.6. The molecule has 0 bridgehead atoms. The Morgan fingerprint density at radius 1 is 0.679 bits per heavy atom. The van der Waals surface area contributed by atoms with E-state index >= 15 is 0 Å². The maximum atomic E-state index is 5.42. The summed E-state index contributed by atoms with van der Waals surface area (Å²) in [5.41, 5.74) is 2.05. The molecule has 2 aliphatic rings. The first kappa shape index (κ1) is 18.4. The van der Waals surface area contributed by atoms with Crippen LogP contribution in [0.5, 0.6) is 11.5 Å². The summed E-state index contributed by atoms with van der Waals surface area (Å²) in [5.74, 6) is 1.96. The van der Waals surface area contributed by atoms with Gasteiger partial charge >= 0.3 is 0 Å². The van der Waals surface area contributed by atoms with Crippen molar-refractivity contribution < 1.29 is 9.47 Å². The van der Waals surface area contributed by atoms with Gasteiger partial charge < -0.3 is 9.47 Å². The third-order valence-electron chi connectivity index (χ3n) is 6.18. The largest absolute Gasteiger partial charge is 0.497 e. The molecule has 0 heterocycles. The summed E-state index contributed by atoms with van der Waals surface area (Å²) >= 11 is 0. The molecular weight excluding hydrogens is 344 g/mol. The Bertz CT molecular complexity index is 871. The van der Waals surface area contributed by atoms with E-state index in [0.717, 1.165) is 11.5 Å². The highest BCUT2D eigenvalue weighted by Gasteiger charge is 2.52. The Balaban J connectivity index is 2.01. The van der Waals surface area contributed by atoms with Crippen molar-refractivity contribution in [2.24, 2.45) is 11.3 Å². The van der Waals surface area contributed by atoms with Crippen LogP contribution in [-0.2, 0) is 5.41 Å². The van der Waals surface area contributed by atoms with Gasteiger partial charge in [0.2, 0.25) is 0 Å². The number of hydrogen-bond acceptors (Lipinski definition) is 2. The lowest BCUT2D eigenvalue weighted by Crippen LogP contribution is -2.47. The molecular formula is C26H26O2. The number of hydrogen-bond donors (Lipinski definition) is 0. The standard InChI is InChI=1S/C26H26O2/c1-25(18-6-7-19-25)26(20-8-4-5-9-20,21-10-14-23(27-2)15-11-21)22-12-16-24(28-3)17-13-22/h4-20H,1-3H3. The Morgan fingerprint density at radius 3 is 1.50 bits per heavy atom. The van der Waals surface area contributed by atoms with Crippen LogP contribution in [0.3, 0.4) is 0 Å². The zero-order valence-corrected chi connectivity index (χ0v) is 16.6. The maximum Gasteiger partial charge on any atom is 0.118 e. The van der Waals surface area contributed by atoms with Gasteiger partial charge in [-0.05, 0) is 35.4 Å². The molecule has 2 aromatic rings. The summed E-state index contributed by atoms with van der Waals surface area (Å²) in [6.45, 7) is 2.32. The summed E-state index contributed by atoms with van der Waals surface area (Å²) in [6, 6.07) is 17.0. The summed E-state index contributed by atoms with van der Waals surface area (Å²) in [7, 11) is 3.41. The lowest BCUT2D eigenvalue weighted by molar-refractivity contribution is 0.270. The minimum atomic E-state index is -0.293. The maximum absolute atomic E-state index is 5.42. The first-order valence-electron chi connectivity index (χ1n) is 9.65. The van der Waals surface area contributed by atoms with Crippen LogP contribution < -0.4 is 9.47 Å². The Kier molecular flexibility index (Phi) is 4.72. The fraction of sp³-hybridized carbons (Fsp3) is 0.231. The third-order valence-corrected chi connectivity index (χ3v) is 6.18. The molecule has 142 valence electrons. The van der Waals surface area contributed by atoms with Crippen LogP contribution >= 0.6 is 0 Å². The average Bonchev–Trinajstić information content (AvgIpc) is 3.43. The molecule has 0 radical (unpaired) electrons. The fourth-order valence-corrected chi connectivity index (χ4v) is 4.79. The number of rotatable bonds is 6. The molecule has 0 fully saturated rings. The molecule has 0 spiro atoms. The van der Waals surface area contributed by atoms with Gasteiger partial charge in [0.15, 0.2) is 0 Å². The van der Waals surface area contributed by atoms with Crippen LogP contribution in [0.4, 0.5) is 0 Å². The van der Waals surface area contributed by atoms with Gasteiger partial charge in [-0.15, -0.1) is 0 Å². The average molecular weight is 370 g/mol. The second-order valence-electron chi connectivity index (χ2n) is 7.56. The van der Waals surface area contributed by atoms with Gasteiger partial charge in [-0.2, -0.15) is 0 Å². The number of methoxy groups -OCH3 is 2. The van der Waals surface area contributed by atoms with Gasteiger partial charge in [-0.25, -0.2) is 0 Å². The van der Waals surface area contributed by atoms with Crippen molar-refractivity contribution >= 4 is 0 Å². The van der Waals surface area contributed by atoms with Crippen LogP contribution in [0.15, 0.2) is 97.1 Å². The van der Waals surface area contributed by atoms with Crippen molar-refractivity contribution in [1.82, 2.24) is 0 Å². The molecule has 2 aliphatic carbocycles. The normalized spacial score (nSPS) is 17.4. The SMILES string of the molecule is COc1ccc(C(c2ccc(OC)cc2)(C2C=CC=C2)C2(C)C=CC=C2)cc1. The van der Waals surface area contributed by atoms with Crippen molar-refractivity contribution in [3.63, 3.8) is 0 Å². The second-order valence-corrected chi connectivity index (χ2v) is 7.56. The van der Waals surface area contributed by atoms with E-state index in [2.05, 4.69) is 104 Å².